The molecule has 1 unspecified atom stereocenters. The van der Waals surface area contributed by atoms with Crippen molar-refractivity contribution < 1.29 is 0 Å². The van der Waals surface area contributed by atoms with E-state index in [1.807, 2.05) is 19.1 Å². The summed E-state index contributed by atoms with van der Waals surface area (Å²) in [4.78, 5) is 12.9. The van der Waals surface area contributed by atoms with E-state index >= 15 is 0 Å². The number of nitrogens with one attached hydrogen (secondary N) is 1. The van der Waals surface area contributed by atoms with Crippen LogP contribution in [0, 0.1) is 6.92 Å². The monoisotopic (exact) mass is 290 g/mol. The number of nitrogens with zero attached hydrogens (tertiary/aromatic N) is 3. The third kappa shape index (κ3) is 3.25. The molecule has 5 heteroatoms. The van der Waals surface area contributed by atoms with Gasteiger partial charge in [-0.2, -0.15) is 0 Å². The van der Waals surface area contributed by atoms with Crippen LogP contribution in [0.5, 0.6) is 0 Å². The first-order valence-corrected chi connectivity index (χ1v) is 7.07. The quantitative estimate of drug-likeness (QED) is 0.860. The second-order valence-corrected chi connectivity index (χ2v) is 5.51. The van der Waals surface area contributed by atoms with E-state index in [0.29, 0.717) is 5.15 Å². The number of aromatic nitrogens is 3. The molecule has 106 valence electrons. The van der Waals surface area contributed by atoms with Gasteiger partial charge < -0.3 is 5.32 Å². The van der Waals surface area contributed by atoms with E-state index in [9.17, 15) is 0 Å². The fourth-order valence-corrected chi connectivity index (χ4v) is 2.02. The lowest BCUT2D eigenvalue weighted by Gasteiger charge is -2.18. The minimum absolute atomic E-state index is 0.127. The second-order valence-electron chi connectivity index (χ2n) is 5.15. The summed E-state index contributed by atoms with van der Waals surface area (Å²) >= 11 is 6.19. The number of halogens is 1. The van der Waals surface area contributed by atoms with Gasteiger partial charge in [0.05, 0.1) is 6.04 Å². The molecule has 2 heterocycles. The van der Waals surface area contributed by atoms with Crippen LogP contribution in [0.25, 0.3) is 0 Å². The highest BCUT2D eigenvalue weighted by Crippen LogP contribution is 2.26. The van der Waals surface area contributed by atoms with Gasteiger partial charge in [0.2, 0.25) is 0 Å². The van der Waals surface area contributed by atoms with Gasteiger partial charge in [-0.1, -0.05) is 25.4 Å². The highest BCUT2D eigenvalue weighted by atomic mass is 35.5. The van der Waals surface area contributed by atoms with Gasteiger partial charge in [-0.15, -0.1) is 0 Å². The van der Waals surface area contributed by atoms with E-state index in [0.717, 1.165) is 22.8 Å². The highest BCUT2D eigenvalue weighted by Gasteiger charge is 2.14. The van der Waals surface area contributed by atoms with E-state index in [1.165, 1.54) is 0 Å². The Morgan fingerprint density at radius 3 is 2.35 bits per heavy atom. The topological polar surface area (TPSA) is 50.7 Å². The van der Waals surface area contributed by atoms with Gasteiger partial charge in [0.1, 0.15) is 16.8 Å². The third-order valence-electron chi connectivity index (χ3n) is 3.18. The second kappa shape index (κ2) is 6.18. The molecule has 0 saturated carbocycles. The van der Waals surface area contributed by atoms with Gasteiger partial charge in [0.15, 0.2) is 0 Å². The zero-order chi connectivity index (χ0) is 14.7. The van der Waals surface area contributed by atoms with Crippen molar-refractivity contribution >= 4 is 17.4 Å². The molecule has 0 aliphatic carbocycles. The fraction of sp³-hybridized carbons (Fsp3) is 0.400. The van der Waals surface area contributed by atoms with Gasteiger partial charge in [-0.05, 0) is 31.5 Å². The van der Waals surface area contributed by atoms with Crippen LogP contribution >= 0.6 is 11.6 Å². The van der Waals surface area contributed by atoms with Crippen molar-refractivity contribution in [3.63, 3.8) is 0 Å². The van der Waals surface area contributed by atoms with Crippen LogP contribution in [0.1, 0.15) is 49.7 Å². The molecular formula is C15H19ClN4. The molecule has 0 aliphatic heterocycles. The van der Waals surface area contributed by atoms with Crippen molar-refractivity contribution in [2.24, 2.45) is 0 Å². The van der Waals surface area contributed by atoms with E-state index in [1.54, 1.807) is 12.4 Å². The minimum atomic E-state index is 0.127. The van der Waals surface area contributed by atoms with Crippen molar-refractivity contribution in [2.45, 2.75) is 39.7 Å². The molecule has 0 radical (unpaired) electrons. The van der Waals surface area contributed by atoms with Crippen LogP contribution in [-0.2, 0) is 0 Å². The molecule has 0 bridgehead atoms. The van der Waals surface area contributed by atoms with Gasteiger partial charge in [0, 0.05) is 23.9 Å². The van der Waals surface area contributed by atoms with Gasteiger partial charge in [-0.3, -0.25) is 4.98 Å². The maximum absolute atomic E-state index is 6.19. The average molecular weight is 291 g/mol. The zero-order valence-electron chi connectivity index (χ0n) is 12.2. The smallest absolute Gasteiger partial charge is 0.137 e. The Bertz CT molecular complexity index is 584. The summed E-state index contributed by atoms with van der Waals surface area (Å²) in [6.07, 6.45) is 3.57. The SMILES string of the molecule is Cc1c(Cl)nc(C(C)C)nc1NC(C)c1ccncc1. The molecule has 1 N–H and O–H groups in total. The number of anilines is 1. The van der Waals surface area contributed by atoms with Crippen LogP contribution < -0.4 is 5.32 Å². The van der Waals surface area contributed by atoms with Crippen LogP contribution in [0.2, 0.25) is 5.15 Å². The van der Waals surface area contributed by atoms with E-state index in [2.05, 4.69) is 41.0 Å². The predicted molar refractivity (Wildman–Crippen MR) is 82.1 cm³/mol. The van der Waals surface area contributed by atoms with Gasteiger partial charge >= 0.3 is 0 Å². The van der Waals surface area contributed by atoms with E-state index in [-0.39, 0.29) is 12.0 Å². The van der Waals surface area contributed by atoms with Crippen molar-refractivity contribution in [3.8, 4) is 0 Å². The Kier molecular flexibility index (Phi) is 4.55. The zero-order valence-corrected chi connectivity index (χ0v) is 12.9. The molecule has 0 aliphatic rings. The number of rotatable bonds is 4. The molecular weight excluding hydrogens is 272 g/mol. The molecule has 0 spiro atoms. The summed E-state index contributed by atoms with van der Waals surface area (Å²) in [5.41, 5.74) is 2.03. The van der Waals surface area contributed by atoms with E-state index < -0.39 is 0 Å². The molecule has 4 nitrogen and oxygen atoms in total. The maximum Gasteiger partial charge on any atom is 0.137 e. The maximum atomic E-state index is 6.19. The average Bonchev–Trinajstić information content (AvgIpc) is 2.44. The Morgan fingerprint density at radius 1 is 1.10 bits per heavy atom. The Labute approximate surface area is 124 Å². The van der Waals surface area contributed by atoms with E-state index in [4.69, 9.17) is 11.6 Å². The van der Waals surface area contributed by atoms with Gasteiger partial charge in [-0.25, -0.2) is 9.97 Å². The largest absolute Gasteiger partial charge is 0.363 e. The number of pyridine rings is 1. The number of hydrogen-bond acceptors (Lipinski definition) is 4. The van der Waals surface area contributed by atoms with Crippen LogP contribution in [0.15, 0.2) is 24.5 Å². The molecule has 0 amide bonds. The normalized spacial score (nSPS) is 12.5. The summed E-state index contributed by atoms with van der Waals surface area (Å²) in [7, 11) is 0. The third-order valence-corrected chi connectivity index (χ3v) is 3.55. The molecule has 2 aromatic rings. The summed E-state index contributed by atoms with van der Waals surface area (Å²) < 4.78 is 0. The predicted octanol–water partition coefficient (Wildman–Crippen LogP) is 4.13. The summed E-state index contributed by atoms with van der Waals surface area (Å²) in [5, 5.41) is 3.91. The van der Waals surface area contributed by atoms with Crippen LogP contribution in [0.3, 0.4) is 0 Å². The molecule has 0 fully saturated rings. The molecule has 1 atom stereocenters. The summed E-state index contributed by atoms with van der Waals surface area (Å²) in [5.74, 6) is 1.79. The van der Waals surface area contributed by atoms with Crippen molar-refractivity contribution in [1.29, 1.82) is 0 Å². The molecule has 0 saturated heterocycles. The lowest BCUT2D eigenvalue weighted by molar-refractivity contribution is 0.765. The van der Waals surface area contributed by atoms with Crippen LogP contribution in [-0.4, -0.2) is 15.0 Å². The molecule has 2 aromatic heterocycles. The van der Waals surface area contributed by atoms with Crippen molar-refractivity contribution in [3.05, 3.63) is 46.6 Å². The van der Waals surface area contributed by atoms with Crippen molar-refractivity contribution in [2.75, 3.05) is 5.32 Å². The first kappa shape index (κ1) is 14.7. The van der Waals surface area contributed by atoms with Crippen LogP contribution in [0.4, 0.5) is 5.82 Å². The first-order chi connectivity index (χ1) is 9.49. The Hall–Kier alpha value is -1.68. The molecule has 2 rings (SSSR count). The minimum Gasteiger partial charge on any atom is -0.363 e. The highest BCUT2D eigenvalue weighted by molar-refractivity contribution is 6.30. The molecule has 0 aromatic carbocycles. The first-order valence-electron chi connectivity index (χ1n) is 6.69. The summed E-state index contributed by atoms with van der Waals surface area (Å²) in [6.45, 7) is 8.11. The lowest BCUT2D eigenvalue weighted by atomic mass is 10.1. The summed E-state index contributed by atoms with van der Waals surface area (Å²) in [6, 6.07) is 4.10. The lowest BCUT2D eigenvalue weighted by Crippen LogP contribution is -2.12. The van der Waals surface area contributed by atoms with Crippen molar-refractivity contribution in [1.82, 2.24) is 15.0 Å². The Balaban J connectivity index is 2.29. The standard InChI is InChI=1S/C15H19ClN4/c1-9(2)14-19-13(16)10(3)15(20-14)18-11(4)12-5-7-17-8-6-12/h5-9,11H,1-4H3,(H,18,19,20). The van der Waals surface area contributed by atoms with Gasteiger partial charge in [0.25, 0.3) is 0 Å². The Morgan fingerprint density at radius 2 is 1.75 bits per heavy atom. The number of hydrogen-bond donors (Lipinski definition) is 1. The fourth-order valence-electron chi connectivity index (χ4n) is 1.84. The molecule has 20 heavy (non-hydrogen) atoms.